The van der Waals surface area contributed by atoms with Gasteiger partial charge >= 0.3 is 0 Å². The predicted octanol–water partition coefficient (Wildman–Crippen LogP) is 2.82. The highest BCUT2D eigenvalue weighted by Crippen LogP contribution is 2.36. The van der Waals surface area contributed by atoms with E-state index < -0.39 is 0 Å². The van der Waals surface area contributed by atoms with Gasteiger partial charge in [0.15, 0.2) is 11.5 Å². The molecule has 1 N–H and O–H groups in total. The summed E-state index contributed by atoms with van der Waals surface area (Å²) in [5.74, 6) is 1.61. The van der Waals surface area contributed by atoms with Crippen LogP contribution in [0.2, 0.25) is 0 Å². The third-order valence-corrected chi connectivity index (χ3v) is 3.33. The fourth-order valence-corrected chi connectivity index (χ4v) is 2.10. The molecule has 0 saturated carbocycles. The van der Waals surface area contributed by atoms with Crippen molar-refractivity contribution in [1.29, 1.82) is 0 Å². The lowest BCUT2D eigenvalue weighted by Gasteiger charge is -2.13. The summed E-state index contributed by atoms with van der Waals surface area (Å²) in [5.41, 5.74) is 1.75. The third kappa shape index (κ3) is 4.39. The van der Waals surface area contributed by atoms with Crippen molar-refractivity contribution in [3.8, 4) is 17.2 Å². The summed E-state index contributed by atoms with van der Waals surface area (Å²) in [7, 11) is 3.13. The number of hydrogen-bond acceptors (Lipinski definition) is 4. The van der Waals surface area contributed by atoms with Crippen LogP contribution in [-0.2, 0) is 0 Å². The second-order valence-corrected chi connectivity index (χ2v) is 4.96. The van der Waals surface area contributed by atoms with E-state index in [1.54, 1.807) is 38.5 Å². The maximum absolute atomic E-state index is 12.0. The first-order valence-electron chi connectivity index (χ1n) is 7.34. The first-order chi connectivity index (χ1) is 11.2. The second-order valence-electron chi connectivity index (χ2n) is 4.96. The molecule has 0 fully saturated rings. The van der Waals surface area contributed by atoms with Crippen LogP contribution < -0.4 is 19.5 Å². The molecule has 0 aliphatic rings. The molecule has 0 aliphatic heterocycles. The van der Waals surface area contributed by atoms with E-state index in [0.717, 1.165) is 5.56 Å². The van der Waals surface area contributed by atoms with Crippen LogP contribution >= 0.6 is 0 Å². The van der Waals surface area contributed by atoms with Crippen LogP contribution in [0, 0.1) is 6.92 Å². The summed E-state index contributed by atoms with van der Waals surface area (Å²) in [6.07, 6.45) is 0. The van der Waals surface area contributed by atoms with E-state index in [-0.39, 0.29) is 5.91 Å². The van der Waals surface area contributed by atoms with E-state index >= 15 is 0 Å². The zero-order chi connectivity index (χ0) is 16.7. The van der Waals surface area contributed by atoms with Gasteiger partial charge in [-0.2, -0.15) is 0 Å². The summed E-state index contributed by atoms with van der Waals surface area (Å²) in [5, 5.41) is 2.82. The van der Waals surface area contributed by atoms with E-state index in [2.05, 4.69) is 5.32 Å². The first kappa shape index (κ1) is 16.7. The molecular weight excluding hydrogens is 294 g/mol. The number of carbonyl (C=O) groups is 1. The Kier molecular flexibility index (Phi) is 5.86. The average Bonchev–Trinajstić information content (AvgIpc) is 2.58. The van der Waals surface area contributed by atoms with E-state index in [9.17, 15) is 4.79 Å². The number of methoxy groups -OCH3 is 2. The van der Waals surface area contributed by atoms with Crippen LogP contribution in [0.1, 0.15) is 15.9 Å². The van der Waals surface area contributed by atoms with E-state index in [1.807, 2.05) is 25.1 Å². The molecule has 0 bridgehead atoms. The maximum Gasteiger partial charge on any atom is 0.251 e. The highest BCUT2D eigenvalue weighted by atomic mass is 16.5. The van der Waals surface area contributed by atoms with E-state index in [1.165, 1.54) is 0 Å². The Bertz CT molecular complexity index is 653. The summed E-state index contributed by atoms with van der Waals surface area (Å²) in [6, 6.07) is 12.8. The third-order valence-electron chi connectivity index (χ3n) is 3.33. The summed E-state index contributed by atoms with van der Waals surface area (Å²) in [4.78, 5) is 12.0. The molecule has 2 aromatic rings. The number of aryl methyl sites for hydroxylation is 1. The molecule has 5 heteroatoms. The lowest BCUT2D eigenvalue weighted by molar-refractivity contribution is 0.0946. The molecule has 122 valence electrons. The van der Waals surface area contributed by atoms with Gasteiger partial charge in [-0.15, -0.1) is 0 Å². The molecule has 2 rings (SSSR count). The van der Waals surface area contributed by atoms with Crippen LogP contribution in [0.5, 0.6) is 17.2 Å². The Morgan fingerprint density at radius 1 is 1.00 bits per heavy atom. The van der Waals surface area contributed by atoms with Gasteiger partial charge in [0.25, 0.3) is 5.91 Å². The molecular formula is C18H21NO4. The van der Waals surface area contributed by atoms with Crippen molar-refractivity contribution < 1.29 is 19.0 Å². The number of hydrogen-bond donors (Lipinski definition) is 1. The number of para-hydroxylation sites is 1. The highest BCUT2D eigenvalue weighted by molar-refractivity contribution is 5.94. The smallest absolute Gasteiger partial charge is 0.251 e. The van der Waals surface area contributed by atoms with Crippen molar-refractivity contribution in [2.45, 2.75) is 6.92 Å². The summed E-state index contributed by atoms with van der Waals surface area (Å²) < 4.78 is 16.2. The van der Waals surface area contributed by atoms with E-state index in [0.29, 0.717) is 36.0 Å². The fourth-order valence-electron chi connectivity index (χ4n) is 2.10. The molecule has 1 amide bonds. The fraction of sp³-hybridized carbons (Fsp3) is 0.278. The number of benzene rings is 2. The number of rotatable bonds is 7. The number of ether oxygens (including phenoxy) is 3. The standard InChI is InChI=1S/C18H21NO4/c1-13-7-9-14(10-8-13)18(20)19-11-12-23-16-6-4-5-15(21-2)17(16)22-3/h4-10H,11-12H2,1-3H3,(H,19,20). The van der Waals surface area contributed by atoms with Crippen LogP contribution in [0.15, 0.2) is 42.5 Å². The molecule has 0 saturated heterocycles. The lowest BCUT2D eigenvalue weighted by Crippen LogP contribution is -2.28. The van der Waals surface area contributed by atoms with Crippen molar-refractivity contribution in [1.82, 2.24) is 5.32 Å². The minimum atomic E-state index is -0.119. The van der Waals surface area contributed by atoms with E-state index in [4.69, 9.17) is 14.2 Å². The van der Waals surface area contributed by atoms with Gasteiger partial charge in [0.2, 0.25) is 5.75 Å². The van der Waals surface area contributed by atoms with Crippen LogP contribution in [-0.4, -0.2) is 33.3 Å². The van der Waals surface area contributed by atoms with Crippen molar-refractivity contribution >= 4 is 5.91 Å². The van der Waals surface area contributed by atoms with Crippen molar-refractivity contribution in [2.75, 3.05) is 27.4 Å². The molecule has 2 aromatic carbocycles. The largest absolute Gasteiger partial charge is 0.493 e. The number of amides is 1. The normalized spacial score (nSPS) is 10.0. The average molecular weight is 315 g/mol. The van der Waals surface area contributed by atoms with Gasteiger partial charge in [0.05, 0.1) is 20.8 Å². The van der Waals surface area contributed by atoms with Gasteiger partial charge in [0, 0.05) is 5.56 Å². The van der Waals surface area contributed by atoms with Crippen molar-refractivity contribution in [2.24, 2.45) is 0 Å². The highest BCUT2D eigenvalue weighted by Gasteiger charge is 2.10. The van der Waals surface area contributed by atoms with Crippen molar-refractivity contribution in [3.05, 3.63) is 53.6 Å². The monoisotopic (exact) mass is 315 g/mol. The van der Waals surface area contributed by atoms with Crippen LogP contribution in [0.3, 0.4) is 0 Å². The van der Waals surface area contributed by atoms with Gasteiger partial charge in [-0.1, -0.05) is 23.8 Å². The van der Waals surface area contributed by atoms with Gasteiger partial charge in [-0.05, 0) is 31.2 Å². The minimum absolute atomic E-state index is 0.119. The molecule has 0 spiro atoms. The van der Waals surface area contributed by atoms with Gasteiger partial charge in [0.1, 0.15) is 6.61 Å². The molecule has 0 aromatic heterocycles. The molecule has 0 aliphatic carbocycles. The molecule has 0 heterocycles. The predicted molar refractivity (Wildman–Crippen MR) is 88.6 cm³/mol. The molecule has 0 unspecified atom stereocenters. The number of nitrogens with one attached hydrogen (secondary N) is 1. The van der Waals surface area contributed by atoms with Crippen LogP contribution in [0.4, 0.5) is 0 Å². The Hall–Kier alpha value is -2.69. The summed E-state index contributed by atoms with van der Waals surface area (Å²) in [6.45, 7) is 2.71. The maximum atomic E-state index is 12.0. The first-order valence-corrected chi connectivity index (χ1v) is 7.34. The summed E-state index contributed by atoms with van der Waals surface area (Å²) >= 11 is 0. The van der Waals surface area contributed by atoms with Gasteiger partial charge in [-0.25, -0.2) is 0 Å². The van der Waals surface area contributed by atoms with Crippen molar-refractivity contribution in [3.63, 3.8) is 0 Å². The molecule has 0 atom stereocenters. The second kappa shape index (κ2) is 8.08. The zero-order valence-corrected chi connectivity index (χ0v) is 13.6. The zero-order valence-electron chi connectivity index (χ0n) is 13.6. The lowest BCUT2D eigenvalue weighted by atomic mass is 10.1. The van der Waals surface area contributed by atoms with Crippen LogP contribution in [0.25, 0.3) is 0 Å². The Balaban J connectivity index is 1.86. The topological polar surface area (TPSA) is 56.8 Å². The quantitative estimate of drug-likeness (QED) is 0.798. The SMILES string of the molecule is COc1cccc(OCCNC(=O)c2ccc(C)cc2)c1OC. The number of carbonyl (C=O) groups excluding carboxylic acids is 1. The Morgan fingerprint density at radius 3 is 2.35 bits per heavy atom. The minimum Gasteiger partial charge on any atom is -0.493 e. The van der Waals surface area contributed by atoms with Gasteiger partial charge < -0.3 is 19.5 Å². The Morgan fingerprint density at radius 2 is 1.70 bits per heavy atom. The molecule has 23 heavy (non-hydrogen) atoms. The Labute approximate surface area is 136 Å². The molecule has 5 nitrogen and oxygen atoms in total. The molecule has 0 radical (unpaired) electrons. The van der Waals surface area contributed by atoms with Gasteiger partial charge in [-0.3, -0.25) is 4.79 Å².